The molecular weight excluding hydrogens is 326 g/mol. The van der Waals surface area contributed by atoms with Gasteiger partial charge in [-0.25, -0.2) is 0 Å². The van der Waals surface area contributed by atoms with Gasteiger partial charge in [0.15, 0.2) is 0 Å². The Bertz CT molecular complexity index is 641. The third kappa shape index (κ3) is 2.85. The second kappa shape index (κ2) is 6.20. The highest BCUT2D eigenvalue weighted by molar-refractivity contribution is 9.10. The van der Waals surface area contributed by atoms with Crippen LogP contribution < -0.4 is 10.1 Å². The van der Waals surface area contributed by atoms with Crippen LogP contribution in [0, 0.1) is 0 Å². The summed E-state index contributed by atoms with van der Waals surface area (Å²) in [6.07, 6.45) is 2.21. The van der Waals surface area contributed by atoms with E-state index in [-0.39, 0.29) is 0 Å². The lowest BCUT2D eigenvalue weighted by atomic mass is 9.72. The summed E-state index contributed by atoms with van der Waals surface area (Å²) >= 11 is 3.57. The average molecular weight is 346 g/mol. The van der Waals surface area contributed by atoms with Gasteiger partial charge in [0.05, 0.1) is 11.6 Å². The van der Waals surface area contributed by atoms with Crippen molar-refractivity contribution in [2.75, 3.05) is 14.2 Å². The van der Waals surface area contributed by atoms with Crippen molar-refractivity contribution in [3.8, 4) is 5.75 Å². The summed E-state index contributed by atoms with van der Waals surface area (Å²) in [5.74, 6) is 1.50. The van der Waals surface area contributed by atoms with Gasteiger partial charge in [-0.05, 0) is 64.6 Å². The molecule has 0 aliphatic heterocycles. The lowest BCUT2D eigenvalue weighted by molar-refractivity contribution is 0.410. The minimum Gasteiger partial charge on any atom is -0.496 e. The maximum Gasteiger partial charge on any atom is 0.133 e. The molecule has 2 atom stereocenters. The van der Waals surface area contributed by atoms with Crippen LogP contribution in [0.5, 0.6) is 5.75 Å². The van der Waals surface area contributed by atoms with Crippen LogP contribution in [0.4, 0.5) is 0 Å². The summed E-state index contributed by atoms with van der Waals surface area (Å²) in [5, 5.41) is 3.49. The maximum atomic E-state index is 5.30. The second-order valence-electron chi connectivity index (χ2n) is 5.58. The minimum atomic E-state index is 0.472. The number of fused-ring (bicyclic) bond motifs is 1. The van der Waals surface area contributed by atoms with E-state index < -0.39 is 0 Å². The molecule has 2 nitrogen and oxygen atoms in total. The van der Waals surface area contributed by atoms with E-state index in [0.29, 0.717) is 12.0 Å². The first kappa shape index (κ1) is 14.6. The summed E-state index contributed by atoms with van der Waals surface area (Å²) < 4.78 is 6.31. The van der Waals surface area contributed by atoms with Crippen molar-refractivity contribution in [1.82, 2.24) is 5.32 Å². The van der Waals surface area contributed by atoms with Gasteiger partial charge in [-0.2, -0.15) is 0 Å². The van der Waals surface area contributed by atoms with E-state index in [0.717, 1.165) is 16.6 Å². The van der Waals surface area contributed by atoms with Crippen LogP contribution in [-0.2, 0) is 12.8 Å². The van der Waals surface area contributed by atoms with E-state index in [1.807, 2.05) is 6.07 Å². The van der Waals surface area contributed by atoms with Gasteiger partial charge in [0.1, 0.15) is 5.75 Å². The Morgan fingerprint density at radius 1 is 1.29 bits per heavy atom. The highest BCUT2D eigenvalue weighted by atomic mass is 79.9. The van der Waals surface area contributed by atoms with Crippen LogP contribution in [0.1, 0.15) is 22.6 Å². The fraction of sp³-hybridized carbons (Fsp3) is 0.333. The monoisotopic (exact) mass is 345 g/mol. The van der Waals surface area contributed by atoms with E-state index in [4.69, 9.17) is 4.74 Å². The Hall–Kier alpha value is -1.32. The van der Waals surface area contributed by atoms with Gasteiger partial charge in [0.2, 0.25) is 0 Å². The number of likely N-dealkylation sites (N-methyl/N-ethyl adjacent to an activating group) is 1. The first-order chi connectivity index (χ1) is 10.2. The maximum absolute atomic E-state index is 5.30. The van der Waals surface area contributed by atoms with E-state index in [9.17, 15) is 0 Å². The molecule has 3 heteroatoms. The number of halogens is 1. The largest absolute Gasteiger partial charge is 0.496 e. The number of hydrogen-bond acceptors (Lipinski definition) is 2. The summed E-state index contributed by atoms with van der Waals surface area (Å²) in [5.41, 5.74) is 4.33. The Morgan fingerprint density at radius 3 is 2.76 bits per heavy atom. The molecule has 1 N–H and O–H groups in total. The molecule has 2 aromatic carbocycles. The van der Waals surface area contributed by atoms with Crippen molar-refractivity contribution in [1.29, 1.82) is 0 Å². The zero-order valence-electron chi connectivity index (χ0n) is 12.4. The minimum absolute atomic E-state index is 0.472. The van der Waals surface area contributed by atoms with Crippen molar-refractivity contribution in [3.63, 3.8) is 0 Å². The Morgan fingerprint density at radius 2 is 2.10 bits per heavy atom. The fourth-order valence-electron chi connectivity index (χ4n) is 3.19. The van der Waals surface area contributed by atoms with Crippen LogP contribution >= 0.6 is 15.9 Å². The molecule has 0 amide bonds. The lowest BCUT2D eigenvalue weighted by Gasteiger charge is -2.36. The van der Waals surface area contributed by atoms with Gasteiger partial charge in [0.25, 0.3) is 0 Å². The predicted octanol–water partition coefficient (Wildman–Crippen LogP) is 3.93. The molecule has 0 aromatic heterocycles. The molecule has 0 bridgehead atoms. The first-order valence-corrected chi connectivity index (χ1v) is 8.09. The summed E-state index contributed by atoms with van der Waals surface area (Å²) in [7, 11) is 3.76. The van der Waals surface area contributed by atoms with Crippen LogP contribution in [-0.4, -0.2) is 20.2 Å². The molecule has 0 radical (unpaired) electrons. The van der Waals surface area contributed by atoms with Crippen molar-refractivity contribution in [2.45, 2.75) is 24.8 Å². The average Bonchev–Trinajstić information content (AvgIpc) is 2.47. The molecule has 0 heterocycles. The van der Waals surface area contributed by atoms with Gasteiger partial charge in [-0.3, -0.25) is 0 Å². The van der Waals surface area contributed by atoms with Crippen molar-refractivity contribution >= 4 is 15.9 Å². The van der Waals surface area contributed by atoms with Gasteiger partial charge in [0, 0.05) is 12.0 Å². The Balaban J connectivity index is 1.76. The molecule has 0 saturated heterocycles. The number of nitrogens with one attached hydrogen (secondary N) is 1. The molecule has 21 heavy (non-hydrogen) atoms. The molecule has 1 aliphatic rings. The smallest absolute Gasteiger partial charge is 0.133 e. The molecular formula is C18H20BrNO. The van der Waals surface area contributed by atoms with Crippen molar-refractivity contribution in [3.05, 3.63) is 63.6 Å². The number of rotatable bonds is 5. The van der Waals surface area contributed by atoms with Gasteiger partial charge < -0.3 is 10.1 Å². The summed E-state index contributed by atoms with van der Waals surface area (Å²) in [6.45, 7) is 0. The van der Waals surface area contributed by atoms with Crippen LogP contribution in [0.3, 0.4) is 0 Å². The van der Waals surface area contributed by atoms with Crippen molar-refractivity contribution < 1.29 is 4.74 Å². The molecule has 1 aliphatic carbocycles. The highest BCUT2D eigenvalue weighted by Gasteiger charge is 2.31. The second-order valence-corrected chi connectivity index (χ2v) is 6.43. The summed E-state index contributed by atoms with van der Waals surface area (Å²) in [4.78, 5) is 0. The Kier molecular flexibility index (Phi) is 4.32. The standard InChI is InChI=1S/C18H20BrNO/c1-20-17(15-11-13-5-3-4-6-14(13)15)10-12-7-8-18(21-2)16(19)9-12/h3-9,15,17,20H,10-11H2,1-2H3. The number of ether oxygens (including phenoxy) is 1. The van der Waals surface area contributed by atoms with E-state index >= 15 is 0 Å². The quantitative estimate of drug-likeness (QED) is 0.886. The molecule has 0 fully saturated rings. The lowest BCUT2D eigenvalue weighted by Crippen LogP contribution is -2.39. The zero-order valence-corrected chi connectivity index (χ0v) is 14.0. The van der Waals surface area contributed by atoms with E-state index in [1.54, 1.807) is 7.11 Å². The van der Waals surface area contributed by atoms with Crippen molar-refractivity contribution in [2.24, 2.45) is 0 Å². The normalized spacial score (nSPS) is 17.8. The van der Waals surface area contributed by atoms with Crippen LogP contribution in [0.2, 0.25) is 0 Å². The third-order valence-electron chi connectivity index (χ3n) is 4.42. The highest BCUT2D eigenvalue weighted by Crippen LogP contribution is 2.38. The SMILES string of the molecule is CNC(Cc1ccc(OC)c(Br)c1)C1Cc2ccccc21. The van der Waals surface area contributed by atoms with Crippen LogP contribution in [0.15, 0.2) is 46.9 Å². The third-order valence-corrected chi connectivity index (χ3v) is 5.04. The molecule has 110 valence electrons. The number of benzene rings is 2. The number of methoxy groups -OCH3 is 1. The van der Waals surface area contributed by atoms with E-state index in [2.05, 4.69) is 64.7 Å². The van der Waals surface area contributed by atoms with Crippen LogP contribution in [0.25, 0.3) is 0 Å². The molecule has 3 rings (SSSR count). The van der Waals surface area contributed by atoms with Gasteiger partial charge >= 0.3 is 0 Å². The van der Waals surface area contributed by atoms with Gasteiger partial charge in [-0.1, -0.05) is 30.3 Å². The van der Waals surface area contributed by atoms with E-state index in [1.165, 1.54) is 23.1 Å². The molecule has 2 unspecified atom stereocenters. The number of hydrogen-bond donors (Lipinski definition) is 1. The topological polar surface area (TPSA) is 21.3 Å². The zero-order chi connectivity index (χ0) is 14.8. The van der Waals surface area contributed by atoms with Gasteiger partial charge in [-0.15, -0.1) is 0 Å². The molecule has 0 saturated carbocycles. The Labute approximate surface area is 134 Å². The fourth-order valence-corrected chi connectivity index (χ4v) is 3.78. The predicted molar refractivity (Wildman–Crippen MR) is 90.1 cm³/mol. The first-order valence-electron chi connectivity index (χ1n) is 7.30. The molecule has 0 spiro atoms. The summed E-state index contributed by atoms with van der Waals surface area (Å²) in [6, 6.07) is 15.6. The molecule has 2 aromatic rings.